The number of para-hydroxylation sites is 1. The second-order valence-electron chi connectivity index (χ2n) is 3.81. The lowest BCUT2D eigenvalue weighted by molar-refractivity contribution is 0.596. The molecule has 2 rings (SSSR count). The predicted molar refractivity (Wildman–Crippen MR) is 68.5 cm³/mol. The van der Waals surface area contributed by atoms with Gasteiger partial charge in [0.05, 0.1) is 0 Å². The van der Waals surface area contributed by atoms with E-state index in [9.17, 15) is 8.42 Å². The van der Waals surface area contributed by atoms with E-state index in [0.717, 1.165) is 0 Å². The first-order valence-electron chi connectivity index (χ1n) is 5.36. The average molecular weight is 266 g/mol. The lowest BCUT2D eigenvalue weighted by atomic mass is 10.3. The van der Waals surface area contributed by atoms with Gasteiger partial charge in [0, 0.05) is 23.5 Å². The molecule has 0 saturated carbocycles. The summed E-state index contributed by atoms with van der Waals surface area (Å²) in [6.07, 6.45) is 0. The number of aromatic nitrogens is 2. The van der Waals surface area contributed by atoms with E-state index in [1.54, 1.807) is 31.2 Å². The number of sulfonamides is 1. The third-order valence-corrected chi connectivity index (χ3v) is 3.87. The number of nitrogens with one attached hydrogen (secondary N) is 2. The lowest BCUT2D eigenvalue weighted by Gasteiger charge is -2.06. The molecule has 1 aromatic carbocycles. The van der Waals surface area contributed by atoms with Gasteiger partial charge in [-0.3, -0.25) is 9.82 Å². The van der Waals surface area contributed by atoms with Gasteiger partial charge in [0.2, 0.25) is 5.03 Å². The zero-order valence-electron chi connectivity index (χ0n) is 9.84. The Morgan fingerprint density at radius 3 is 2.61 bits per heavy atom. The first-order valence-corrected chi connectivity index (χ1v) is 6.84. The van der Waals surface area contributed by atoms with Gasteiger partial charge in [-0.2, -0.15) is 13.5 Å². The van der Waals surface area contributed by atoms with Gasteiger partial charge in [-0.05, 0) is 19.1 Å². The SMILES string of the molecule is Cc1[nH]nc(S(=O)(=O)Nc2ccccc2)c1CN. The van der Waals surface area contributed by atoms with E-state index < -0.39 is 10.0 Å². The number of hydrogen-bond donors (Lipinski definition) is 3. The molecule has 1 heterocycles. The van der Waals surface area contributed by atoms with E-state index in [2.05, 4.69) is 14.9 Å². The molecule has 0 aliphatic heterocycles. The van der Waals surface area contributed by atoms with Gasteiger partial charge in [-0.15, -0.1) is 0 Å². The van der Waals surface area contributed by atoms with Gasteiger partial charge < -0.3 is 5.73 Å². The molecule has 0 spiro atoms. The smallest absolute Gasteiger partial charge is 0.281 e. The molecule has 0 atom stereocenters. The van der Waals surface area contributed by atoms with Gasteiger partial charge in [0.15, 0.2) is 0 Å². The summed E-state index contributed by atoms with van der Waals surface area (Å²) < 4.78 is 26.7. The van der Waals surface area contributed by atoms with Gasteiger partial charge in [0.1, 0.15) is 0 Å². The topological polar surface area (TPSA) is 101 Å². The van der Waals surface area contributed by atoms with Crippen LogP contribution in [-0.2, 0) is 16.6 Å². The van der Waals surface area contributed by atoms with Crippen LogP contribution in [0.5, 0.6) is 0 Å². The zero-order chi connectivity index (χ0) is 13.2. The summed E-state index contributed by atoms with van der Waals surface area (Å²) >= 11 is 0. The number of nitrogens with two attached hydrogens (primary N) is 1. The van der Waals surface area contributed by atoms with Crippen molar-refractivity contribution in [3.05, 3.63) is 41.6 Å². The molecule has 1 aromatic heterocycles. The highest BCUT2D eigenvalue weighted by Gasteiger charge is 2.22. The van der Waals surface area contributed by atoms with Crippen LogP contribution < -0.4 is 10.5 Å². The van der Waals surface area contributed by atoms with Crippen molar-refractivity contribution < 1.29 is 8.42 Å². The van der Waals surface area contributed by atoms with Crippen LogP contribution in [0.2, 0.25) is 0 Å². The molecule has 4 N–H and O–H groups in total. The molecule has 0 bridgehead atoms. The van der Waals surface area contributed by atoms with Crippen LogP contribution >= 0.6 is 0 Å². The number of hydrogen-bond acceptors (Lipinski definition) is 4. The van der Waals surface area contributed by atoms with Crippen molar-refractivity contribution >= 4 is 15.7 Å². The first kappa shape index (κ1) is 12.6. The summed E-state index contributed by atoms with van der Waals surface area (Å²) in [6, 6.07) is 8.63. The summed E-state index contributed by atoms with van der Waals surface area (Å²) in [5.74, 6) is 0. The third-order valence-electron chi connectivity index (χ3n) is 2.52. The van der Waals surface area contributed by atoms with Gasteiger partial charge in [-0.25, -0.2) is 0 Å². The van der Waals surface area contributed by atoms with Crippen molar-refractivity contribution in [2.45, 2.75) is 18.5 Å². The molecule has 0 unspecified atom stereocenters. The summed E-state index contributed by atoms with van der Waals surface area (Å²) in [7, 11) is -3.71. The standard InChI is InChI=1S/C11H14N4O2S/c1-8-10(7-12)11(14-13-8)18(16,17)15-9-5-3-2-4-6-9/h2-6,15H,7,12H2,1H3,(H,13,14). The number of H-pyrrole nitrogens is 1. The van der Waals surface area contributed by atoms with Crippen LogP contribution in [0.3, 0.4) is 0 Å². The summed E-state index contributed by atoms with van der Waals surface area (Å²) in [5.41, 5.74) is 7.18. The van der Waals surface area contributed by atoms with E-state index in [1.165, 1.54) is 0 Å². The number of aryl methyl sites for hydroxylation is 1. The van der Waals surface area contributed by atoms with E-state index in [0.29, 0.717) is 16.9 Å². The third kappa shape index (κ3) is 2.36. The Kier molecular flexibility index (Phi) is 3.35. The Morgan fingerprint density at radius 2 is 2.00 bits per heavy atom. The number of benzene rings is 1. The number of rotatable bonds is 4. The fourth-order valence-electron chi connectivity index (χ4n) is 1.60. The van der Waals surface area contributed by atoms with Crippen LogP contribution in [0.4, 0.5) is 5.69 Å². The quantitative estimate of drug-likeness (QED) is 0.767. The first-order chi connectivity index (χ1) is 8.54. The van der Waals surface area contributed by atoms with Gasteiger partial charge >= 0.3 is 0 Å². The van der Waals surface area contributed by atoms with Crippen molar-refractivity contribution in [3.63, 3.8) is 0 Å². The molecular weight excluding hydrogens is 252 g/mol. The van der Waals surface area contributed by atoms with Crippen molar-refractivity contribution in [2.75, 3.05) is 4.72 Å². The molecule has 0 fully saturated rings. The molecule has 0 aliphatic rings. The second-order valence-corrected chi connectivity index (χ2v) is 5.41. The van der Waals surface area contributed by atoms with Crippen molar-refractivity contribution in [1.29, 1.82) is 0 Å². The number of nitrogens with zero attached hydrogens (tertiary/aromatic N) is 1. The highest BCUT2D eigenvalue weighted by atomic mass is 32.2. The molecule has 18 heavy (non-hydrogen) atoms. The minimum absolute atomic E-state index is 0.0497. The highest BCUT2D eigenvalue weighted by molar-refractivity contribution is 7.92. The van der Waals surface area contributed by atoms with Gasteiger partial charge in [0.25, 0.3) is 10.0 Å². The Morgan fingerprint density at radius 1 is 1.33 bits per heavy atom. The molecule has 0 saturated heterocycles. The maximum absolute atomic E-state index is 12.1. The minimum Gasteiger partial charge on any atom is -0.326 e. The minimum atomic E-state index is -3.71. The normalized spacial score (nSPS) is 11.4. The molecule has 2 aromatic rings. The van der Waals surface area contributed by atoms with Crippen LogP contribution in [0, 0.1) is 6.92 Å². The molecule has 0 radical (unpaired) electrons. The van der Waals surface area contributed by atoms with Crippen molar-refractivity contribution in [1.82, 2.24) is 10.2 Å². The summed E-state index contributed by atoms with van der Waals surface area (Å²) in [4.78, 5) is 0. The molecule has 0 amide bonds. The molecule has 7 heteroatoms. The molecular formula is C11H14N4O2S. The fourth-order valence-corrected chi connectivity index (χ4v) is 2.87. The Hall–Kier alpha value is -1.86. The Bertz CT molecular complexity index is 634. The predicted octanol–water partition coefficient (Wildman–Crippen LogP) is 0.978. The van der Waals surface area contributed by atoms with E-state index >= 15 is 0 Å². The van der Waals surface area contributed by atoms with Crippen LogP contribution in [0.1, 0.15) is 11.3 Å². The highest BCUT2D eigenvalue weighted by Crippen LogP contribution is 2.19. The van der Waals surface area contributed by atoms with Crippen molar-refractivity contribution in [3.8, 4) is 0 Å². The monoisotopic (exact) mass is 266 g/mol. The molecule has 0 aliphatic carbocycles. The zero-order valence-corrected chi connectivity index (χ0v) is 10.7. The summed E-state index contributed by atoms with van der Waals surface area (Å²) in [5, 5.41) is 6.38. The maximum atomic E-state index is 12.1. The summed E-state index contributed by atoms with van der Waals surface area (Å²) in [6.45, 7) is 1.85. The van der Waals surface area contributed by atoms with Crippen LogP contribution in [0.25, 0.3) is 0 Å². The van der Waals surface area contributed by atoms with Crippen LogP contribution in [0.15, 0.2) is 35.4 Å². The number of anilines is 1. The van der Waals surface area contributed by atoms with E-state index in [-0.39, 0.29) is 11.6 Å². The van der Waals surface area contributed by atoms with Crippen LogP contribution in [-0.4, -0.2) is 18.6 Å². The van der Waals surface area contributed by atoms with Crippen molar-refractivity contribution in [2.24, 2.45) is 5.73 Å². The van der Waals surface area contributed by atoms with Gasteiger partial charge in [-0.1, -0.05) is 18.2 Å². The average Bonchev–Trinajstić information content (AvgIpc) is 2.72. The fraction of sp³-hybridized carbons (Fsp3) is 0.182. The second kappa shape index (κ2) is 4.79. The Balaban J connectivity index is 2.37. The molecule has 6 nitrogen and oxygen atoms in total. The number of aromatic amines is 1. The Labute approximate surface area is 105 Å². The maximum Gasteiger partial charge on any atom is 0.281 e. The van der Waals surface area contributed by atoms with E-state index in [1.807, 2.05) is 6.07 Å². The van der Waals surface area contributed by atoms with E-state index in [4.69, 9.17) is 5.73 Å². The lowest BCUT2D eigenvalue weighted by Crippen LogP contribution is -2.16. The molecule has 96 valence electrons. The largest absolute Gasteiger partial charge is 0.326 e.